The van der Waals surface area contributed by atoms with Crippen LogP contribution in [0.15, 0.2) is 0 Å². The molecule has 0 saturated heterocycles. The van der Waals surface area contributed by atoms with Crippen LogP contribution in [0.25, 0.3) is 0 Å². The minimum absolute atomic E-state index is 0.162. The number of carbonyl (C=O) groups is 1. The van der Waals surface area contributed by atoms with E-state index >= 15 is 0 Å². The first-order valence-electron chi connectivity index (χ1n) is 4.52. The van der Waals surface area contributed by atoms with Gasteiger partial charge >= 0.3 is 5.97 Å². The molecule has 0 aliphatic heterocycles. The number of hydrogen-bond acceptors (Lipinski definition) is 2. The van der Waals surface area contributed by atoms with Gasteiger partial charge in [0.2, 0.25) is 0 Å². The molecule has 0 amide bonds. The van der Waals surface area contributed by atoms with Crippen LogP contribution >= 0.6 is 15.9 Å². The van der Waals surface area contributed by atoms with Crippen LogP contribution in [0.3, 0.4) is 0 Å². The molecule has 0 aromatic heterocycles. The topological polar surface area (TPSA) is 26.3 Å². The number of rotatable bonds is 7. The second-order valence-corrected chi connectivity index (χ2v) is 3.33. The molecule has 0 heterocycles. The maximum Gasteiger partial charge on any atom is 0.316 e. The van der Waals surface area contributed by atoms with E-state index in [-0.39, 0.29) is 5.97 Å². The molecule has 0 aliphatic carbocycles. The zero-order valence-corrected chi connectivity index (χ0v) is 9.23. The van der Waals surface area contributed by atoms with Crippen LogP contribution in [-0.2, 0) is 9.53 Å². The number of unbranched alkanes of at least 4 members (excludes halogenated alkanes) is 4. The van der Waals surface area contributed by atoms with Crippen molar-refractivity contribution in [1.29, 1.82) is 0 Å². The van der Waals surface area contributed by atoms with E-state index < -0.39 is 0 Å². The van der Waals surface area contributed by atoms with Crippen molar-refractivity contribution in [2.75, 3.05) is 11.9 Å². The van der Waals surface area contributed by atoms with Crippen molar-refractivity contribution in [2.45, 2.75) is 39.0 Å². The Kier molecular flexibility index (Phi) is 9.00. The first-order valence-corrected chi connectivity index (χ1v) is 5.65. The van der Waals surface area contributed by atoms with Gasteiger partial charge in [-0.3, -0.25) is 4.79 Å². The molecule has 0 N–H and O–H groups in total. The summed E-state index contributed by atoms with van der Waals surface area (Å²) in [4.78, 5) is 10.6. The number of hydrogen-bond donors (Lipinski definition) is 0. The lowest BCUT2D eigenvalue weighted by molar-refractivity contribution is -0.140. The average molecular weight is 237 g/mol. The molecular formula is C9H17BrO2. The molecule has 0 rings (SSSR count). The first kappa shape index (κ1) is 11.9. The van der Waals surface area contributed by atoms with Gasteiger partial charge in [-0.2, -0.15) is 0 Å². The van der Waals surface area contributed by atoms with Gasteiger partial charge in [0.15, 0.2) is 0 Å². The monoisotopic (exact) mass is 236 g/mol. The van der Waals surface area contributed by atoms with Crippen LogP contribution < -0.4 is 0 Å². The molecule has 0 aliphatic rings. The van der Waals surface area contributed by atoms with Crippen molar-refractivity contribution >= 4 is 21.9 Å². The molecule has 0 aromatic rings. The Labute approximate surface area is 82.8 Å². The zero-order valence-electron chi connectivity index (χ0n) is 7.64. The third-order valence-electron chi connectivity index (χ3n) is 1.62. The fraction of sp³-hybridized carbons (Fsp3) is 0.889. The summed E-state index contributed by atoms with van der Waals surface area (Å²) in [6.07, 6.45) is 5.96. The summed E-state index contributed by atoms with van der Waals surface area (Å²) in [5, 5.41) is 0.307. The fourth-order valence-electron chi connectivity index (χ4n) is 0.930. The molecule has 0 saturated carbocycles. The van der Waals surface area contributed by atoms with Crippen LogP contribution in [0.2, 0.25) is 0 Å². The Morgan fingerprint density at radius 2 is 1.92 bits per heavy atom. The van der Waals surface area contributed by atoms with E-state index in [0.717, 1.165) is 6.42 Å². The predicted octanol–water partition coefficient (Wildman–Crippen LogP) is 2.89. The SMILES string of the molecule is CCCCCCCOC(=O)CBr. The van der Waals surface area contributed by atoms with Crippen molar-refractivity contribution in [1.82, 2.24) is 0 Å². The molecule has 3 heteroatoms. The summed E-state index contributed by atoms with van der Waals surface area (Å²) in [5.74, 6) is -0.162. The van der Waals surface area contributed by atoms with E-state index in [2.05, 4.69) is 22.9 Å². The van der Waals surface area contributed by atoms with Gasteiger partial charge < -0.3 is 4.74 Å². The van der Waals surface area contributed by atoms with Gasteiger partial charge in [0, 0.05) is 0 Å². The van der Waals surface area contributed by atoms with E-state index in [0.29, 0.717) is 11.9 Å². The summed E-state index contributed by atoms with van der Waals surface area (Å²) in [6, 6.07) is 0. The molecule has 2 nitrogen and oxygen atoms in total. The molecule has 0 spiro atoms. The van der Waals surface area contributed by atoms with Crippen LogP contribution in [0.5, 0.6) is 0 Å². The highest BCUT2D eigenvalue weighted by Gasteiger charge is 1.97. The zero-order chi connectivity index (χ0) is 9.23. The number of alkyl halides is 1. The molecular weight excluding hydrogens is 220 g/mol. The van der Waals surface area contributed by atoms with Crippen molar-refractivity contribution in [3.63, 3.8) is 0 Å². The van der Waals surface area contributed by atoms with Gasteiger partial charge in [-0.05, 0) is 6.42 Å². The maximum atomic E-state index is 10.6. The summed E-state index contributed by atoms with van der Waals surface area (Å²) in [6.45, 7) is 2.76. The molecule has 72 valence electrons. The second-order valence-electron chi connectivity index (χ2n) is 2.77. The van der Waals surface area contributed by atoms with Crippen LogP contribution in [0, 0.1) is 0 Å². The summed E-state index contributed by atoms with van der Waals surface area (Å²) >= 11 is 3.03. The van der Waals surface area contributed by atoms with Gasteiger partial charge in [-0.15, -0.1) is 0 Å². The lowest BCUT2D eigenvalue weighted by atomic mass is 10.2. The quantitative estimate of drug-likeness (QED) is 0.386. The van der Waals surface area contributed by atoms with Gasteiger partial charge in [-0.25, -0.2) is 0 Å². The minimum Gasteiger partial charge on any atom is -0.465 e. The van der Waals surface area contributed by atoms with Gasteiger partial charge in [-0.1, -0.05) is 48.5 Å². The van der Waals surface area contributed by atoms with Crippen LogP contribution in [0.4, 0.5) is 0 Å². The highest BCUT2D eigenvalue weighted by atomic mass is 79.9. The summed E-state index contributed by atoms with van der Waals surface area (Å²) in [5.41, 5.74) is 0. The number of ether oxygens (including phenoxy) is 1. The third kappa shape index (κ3) is 8.05. The number of carbonyl (C=O) groups excluding carboxylic acids is 1. The van der Waals surface area contributed by atoms with Crippen molar-refractivity contribution in [3.8, 4) is 0 Å². The Hall–Kier alpha value is -0.0500. The predicted molar refractivity (Wildman–Crippen MR) is 53.5 cm³/mol. The Balaban J connectivity index is 2.95. The molecule has 12 heavy (non-hydrogen) atoms. The third-order valence-corrected chi connectivity index (χ3v) is 2.08. The number of halogens is 1. The first-order chi connectivity index (χ1) is 5.81. The standard InChI is InChI=1S/C9H17BrO2/c1-2-3-4-5-6-7-12-9(11)8-10/h2-8H2,1H3. The van der Waals surface area contributed by atoms with Crippen molar-refractivity contribution in [2.24, 2.45) is 0 Å². The Bertz CT molecular complexity index is 115. The maximum absolute atomic E-state index is 10.6. The number of esters is 1. The molecule has 0 aromatic carbocycles. The molecule has 0 atom stereocenters. The molecule has 0 unspecified atom stereocenters. The van der Waals surface area contributed by atoms with Gasteiger partial charge in [0.1, 0.15) is 5.33 Å². The minimum atomic E-state index is -0.162. The van der Waals surface area contributed by atoms with E-state index in [4.69, 9.17) is 4.74 Å². The second kappa shape index (κ2) is 9.04. The van der Waals surface area contributed by atoms with Gasteiger partial charge in [0.25, 0.3) is 0 Å². The molecule has 0 radical (unpaired) electrons. The van der Waals surface area contributed by atoms with E-state index in [1.54, 1.807) is 0 Å². The lowest BCUT2D eigenvalue weighted by Crippen LogP contribution is -2.06. The summed E-state index contributed by atoms with van der Waals surface area (Å²) < 4.78 is 4.89. The molecule has 0 bridgehead atoms. The lowest BCUT2D eigenvalue weighted by Gasteiger charge is -2.01. The highest BCUT2D eigenvalue weighted by molar-refractivity contribution is 9.09. The summed E-state index contributed by atoms with van der Waals surface area (Å²) in [7, 11) is 0. The van der Waals surface area contributed by atoms with Crippen molar-refractivity contribution < 1.29 is 9.53 Å². The normalized spacial score (nSPS) is 9.83. The average Bonchev–Trinajstić information content (AvgIpc) is 2.10. The van der Waals surface area contributed by atoms with E-state index in [1.165, 1.54) is 25.7 Å². The van der Waals surface area contributed by atoms with Gasteiger partial charge in [0.05, 0.1) is 6.61 Å². The van der Waals surface area contributed by atoms with Crippen LogP contribution in [0.1, 0.15) is 39.0 Å². The smallest absolute Gasteiger partial charge is 0.316 e. The van der Waals surface area contributed by atoms with E-state index in [1.807, 2.05) is 0 Å². The van der Waals surface area contributed by atoms with Crippen LogP contribution in [-0.4, -0.2) is 17.9 Å². The van der Waals surface area contributed by atoms with Crippen molar-refractivity contribution in [3.05, 3.63) is 0 Å². The van der Waals surface area contributed by atoms with E-state index in [9.17, 15) is 4.79 Å². The largest absolute Gasteiger partial charge is 0.465 e. The Morgan fingerprint density at radius 1 is 1.25 bits per heavy atom. The fourth-order valence-corrected chi connectivity index (χ4v) is 1.09. The highest BCUT2D eigenvalue weighted by Crippen LogP contribution is 2.02. The Morgan fingerprint density at radius 3 is 2.50 bits per heavy atom. The molecule has 0 fully saturated rings.